The average Bonchev–Trinajstić information content (AvgIpc) is 2.55. The van der Waals surface area contributed by atoms with Crippen molar-refractivity contribution in [3.63, 3.8) is 0 Å². The van der Waals surface area contributed by atoms with Crippen molar-refractivity contribution in [3.05, 3.63) is 52.0 Å². The summed E-state index contributed by atoms with van der Waals surface area (Å²) in [6.07, 6.45) is 0.736. The van der Waals surface area contributed by atoms with Crippen molar-refractivity contribution in [1.29, 1.82) is 0 Å². The maximum atomic E-state index is 6.32. The van der Waals surface area contributed by atoms with E-state index in [1.54, 1.807) is 12.1 Å². The zero-order chi connectivity index (χ0) is 17.4. The number of hydrogen-bond acceptors (Lipinski definition) is 4. The third-order valence-electron chi connectivity index (χ3n) is 3.21. The summed E-state index contributed by atoms with van der Waals surface area (Å²) in [5.41, 5.74) is 6.62. The fourth-order valence-corrected chi connectivity index (χ4v) is 2.58. The molecule has 0 aliphatic carbocycles. The lowest BCUT2D eigenvalue weighted by Crippen LogP contribution is -2.10. The van der Waals surface area contributed by atoms with Crippen molar-refractivity contribution in [2.45, 2.75) is 13.3 Å². The molecule has 0 fully saturated rings. The molecular weight excluding hydrogens is 349 g/mol. The highest BCUT2D eigenvalue weighted by Gasteiger charge is 2.12. The van der Waals surface area contributed by atoms with Gasteiger partial charge in [-0.15, -0.1) is 0 Å². The first-order valence-electron chi connectivity index (χ1n) is 7.80. The SMILES string of the molecule is CCOc1cc(CCN)cc(Cl)c1OCCOc1ccc(Cl)cc1. The Labute approximate surface area is 152 Å². The van der Waals surface area contributed by atoms with Gasteiger partial charge in [0.05, 0.1) is 11.6 Å². The quantitative estimate of drug-likeness (QED) is 0.667. The predicted molar refractivity (Wildman–Crippen MR) is 97.8 cm³/mol. The fraction of sp³-hybridized carbons (Fsp3) is 0.333. The first-order chi connectivity index (χ1) is 11.6. The maximum absolute atomic E-state index is 6.32. The second kappa shape index (κ2) is 9.62. The zero-order valence-electron chi connectivity index (χ0n) is 13.6. The smallest absolute Gasteiger partial charge is 0.179 e. The van der Waals surface area contributed by atoms with Crippen LogP contribution in [-0.4, -0.2) is 26.4 Å². The van der Waals surface area contributed by atoms with Crippen molar-refractivity contribution in [2.24, 2.45) is 5.73 Å². The molecule has 0 saturated carbocycles. The minimum atomic E-state index is 0.346. The molecule has 0 radical (unpaired) electrons. The van der Waals surface area contributed by atoms with Gasteiger partial charge in [0, 0.05) is 5.02 Å². The molecule has 0 aliphatic heterocycles. The summed E-state index contributed by atoms with van der Waals surface area (Å²) >= 11 is 12.2. The van der Waals surface area contributed by atoms with Crippen LogP contribution in [0.3, 0.4) is 0 Å². The topological polar surface area (TPSA) is 53.7 Å². The number of rotatable bonds is 9. The van der Waals surface area contributed by atoms with Crippen LogP contribution in [0.15, 0.2) is 36.4 Å². The minimum Gasteiger partial charge on any atom is -0.490 e. The lowest BCUT2D eigenvalue weighted by Gasteiger charge is -2.15. The zero-order valence-corrected chi connectivity index (χ0v) is 15.1. The van der Waals surface area contributed by atoms with Crippen LogP contribution in [0.2, 0.25) is 10.0 Å². The molecule has 0 saturated heterocycles. The van der Waals surface area contributed by atoms with E-state index in [4.69, 9.17) is 43.1 Å². The highest BCUT2D eigenvalue weighted by molar-refractivity contribution is 6.32. The van der Waals surface area contributed by atoms with E-state index in [0.29, 0.717) is 47.9 Å². The van der Waals surface area contributed by atoms with Gasteiger partial charge in [-0.3, -0.25) is 0 Å². The summed E-state index contributed by atoms with van der Waals surface area (Å²) in [5, 5.41) is 1.18. The molecule has 0 amide bonds. The summed E-state index contributed by atoms with van der Waals surface area (Å²) in [6, 6.07) is 10.9. The van der Waals surface area contributed by atoms with E-state index in [0.717, 1.165) is 17.7 Å². The molecule has 0 atom stereocenters. The number of benzene rings is 2. The van der Waals surface area contributed by atoms with Gasteiger partial charge >= 0.3 is 0 Å². The van der Waals surface area contributed by atoms with E-state index in [1.165, 1.54) is 0 Å². The molecule has 0 heterocycles. The van der Waals surface area contributed by atoms with Gasteiger partial charge in [-0.2, -0.15) is 0 Å². The molecular formula is C18H21Cl2NO3. The summed E-state index contributed by atoms with van der Waals surface area (Å²) < 4.78 is 17.0. The van der Waals surface area contributed by atoms with E-state index in [-0.39, 0.29) is 0 Å². The molecule has 2 rings (SSSR count). The Balaban J connectivity index is 1.96. The Morgan fingerprint density at radius 2 is 1.67 bits per heavy atom. The third kappa shape index (κ3) is 5.48. The number of nitrogens with two attached hydrogens (primary N) is 1. The van der Waals surface area contributed by atoms with Gasteiger partial charge in [-0.1, -0.05) is 23.2 Å². The van der Waals surface area contributed by atoms with E-state index < -0.39 is 0 Å². The molecule has 2 aromatic rings. The highest BCUT2D eigenvalue weighted by atomic mass is 35.5. The molecule has 24 heavy (non-hydrogen) atoms. The second-order valence-electron chi connectivity index (χ2n) is 5.03. The van der Waals surface area contributed by atoms with E-state index in [2.05, 4.69) is 0 Å². The Kier molecular flexibility index (Phi) is 7.50. The van der Waals surface area contributed by atoms with Gasteiger partial charge in [0.25, 0.3) is 0 Å². The summed E-state index contributed by atoms with van der Waals surface area (Å²) in [6.45, 7) is 3.72. The Morgan fingerprint density at radius 1 is 0.958 bits per heavy atom. The molecule has 0 spiro atoms. The fourth-order valence-electron chi connectivity index (χ4n) is 2.17. The normalized spacial score (nSPS) is 10.5. The van der Waals surface area contributed by atoms with Gasteiger partial charge < -0.3 is 19.9 Å². The summed E-state index contributed by atoms with van der Waals surface area (Å²) in [7, 11) is 0. The Bertz CT molecular complexity index is 647. The number of hydrogen-bond donors (Lipinski definition) is 1. The van der Waals surface area contributed by atoms with Gasteiger partial charge in [0.2, 0.25) is 0 Å². The minimum absolute atomic E-state index is 0.346. The molecule has 0 bridgehead atoms. The van der Waals surface area contributed by atoms with Crippen LogP contribution in [0.4, 0.5) is 0 Å². The van der Waals surface area contributed by atoms with Gasteiger partial charge in [0.15, 0.2) is 11.5 Å². The third-order valence-corrected chi connectivity index (χ3v) is 3.75. The molecule has 0 aliphatic rings. The van der Waals surface area contributed by atoms with Crippen LogP contribution in [0.25, 0.3) is 0 Å². The first-order valence-corrected chi connectivity index (χ1v) is 8.56. The summed E-state index contributed by atoms with van der Waals surface area (Å²) in [5.74, 6) is 1.89. The van der Waals surface area contributed by atoms with Crippen LogP contribution in [0, 0.1) is 0 Å². The predicted octanol–water partition coefficient (Wildman–Crippen LogP) is 4.35. The standard InChI is InChI=1S/C18H21Cl2NO3/c1-2-22-17-12-13(7-8-21)11-16(20)18(17)24-10-9-23-15-5-3-14(19)4-6-15/h3-6,11-12H,2,7-10,21H2,1H3. The average molecular weight is 370 g/mol. The summed E-state index contributed by atoms with van der Waals surface area (Å²) in [4.78, 5) is 0. The largest absolute Gasteiger partial charge is 0.490 e. The second-order valence-corrected chi connectivity index (χ2v) is 5.87. The monoisotopic (exact) mass is 369 g/mol. The van der Waals surface area contributed by atoms with Crippen LogP contribution in [0.1, 0.15) is 12.5 Å². The Morgan fingerprint density at radius 3 is 2.33 bits per heavy atom. The van der Waals surface area contributed by atoms with E-state index in [1.807, 2.05) is 31.2 Å². The molecule has 2 aromatic carbocycles. The molecule has 0 unspecified atom stereocenters. The molecule has 130 valence electrons. The molecule has 4 nitrogen and oxygen atoms in total. The molecule has 0 aromatic heterocycles. The molecule has 6 heteroatoms. The lowest BCUT2D eigenvalue weighted by atomic mass is 10.1. The van der Waals surface area contributed by atoms with Crippen molar-refractivity contribution < 1.29 is 14.2 Å². The van der Waals surface area contributed by atoms with Crippen molar-refractivity contribution in [1.82, 2.24) is 0 Å². The lowest BCUT2D eigenvalue weighted by molar-refractivity contribution is 0.208. The highest BCUT2D eigenvalue weighted by Crippen LogP contribution is 2.36. The first kappa shape index (κ1) is 18.7. The maximum Gasteiger partial charge on any atom is 0.179 e. The van der Waals surface area contributed by atoms with Gasteiger partial charge in [0.1, 0.15) is 19.0 Å². The molecule has 2 N–H and O–H groups in total. The van der Waals surface area contributed by atoms with Crippen molar-refractivity contribution in [2.75, 3.05) is 26.4 Å². The van der Waals surface area contributed by atoms with E-state index >= 15 is 0 Å². The Hall–Kier alpha value is -1.62. The van der Waals surface area contributed by atoms with Gasteiger partial charge in [-0.25, -0.2) is 0 Å². The van der Waals surface area contributed by atoms with Crippen molar-refractivity contribution in [3.8, 4) is 17.2 Å². The van der Waals surface area contributed by atoms with Crippen LogP contribution in [-0.2, 0) is 6.42 Å². The van der Waals surface area contributed by atoms with Crippen LogP contribution < -0.4 is 19.9 Å². The van der Waals surface area contributed by atoms with E-state index in [9.17, 15) is 0 Å². The van der Waals surface area contributed by atoms with Crippen LogP contribution >= 0.6 is 23.2 Å². The van der Waals surface area contributed by atoms with Gasteiger partial charge in [-0.05, 0) is 61.9 Å². The number of ether oxygens (including phenoxy) is 3. The van der Waals surface area contributed by atoms with Crippen LogP contribution in [0.5, 0.6) is 17.2 Å². The van der Waals surface area contributed by atoms with Crippen molar-refractivity contribution >= 4 is 23.2 Å². The number of halogens is 2.